The molecule has 2 N–H and O–H groups in total. The molecule has 1 amide bonds. The van der Waals surface area contributed by atoms with Gasteiger partial charge < -0.3 is 10.6 Å². The summed E-state index contributed by atoms with van der Waals surface area (Å²) < 4.78 is 0. The zero-order valence-corrected chi connectivity index (χ0v) is 11.7. The van der Waals surface area contributed by atoms with Crippen LogP contribution in [0.25, 0.3) is 0 Å². The highest BCUT2D eigenvalue weighted by atomic mass is 16.2. The molecular formula is C15H28N2O. The highest BCUT2D eigenvalue weighted by Crippen LogP contribution is 2.29. The molecule has 1 saturated heterocycles. The minimum absolute atomic E-state index is 0.284. The van der Waals surface area contributed by atoms with Crippen molar-refractivity contribution >= 4 is 5.91 Å². The van der Waals surface area contributed by atoms with Crippen LogP contribution < -0.4 is 5.73 Å². The van der Waals surface area contributed by atoms with Gasteiger partial charge in [0.1, 0.15) is 0 Å². The van der Waals surface area contributed by atoms with Crippen LogP contribution in [0.3, 0.4) is 0 Å². The SMILES string of the molecule is CC1CCCN(C(=O)C2CCCCCC2)C1CN. The molecule has 0 spiro atoms. The average Bonchev–Trinajstić information content (AvgIpc) is 2.66. The monoisotopic (exact) mass is 252 g/mol. The van der Waals surface area contributed by atoms with Crippen LogP contribution in [0.5, 0.6) is 0 Å². The number of carbonyl (C=O) groups is 1. The molecule has 104 valence electrons. The van der Waals surface area contributed by atoms with Crippen molar-refractivity contribution in [3.05, 3.63) is 0 Å². The van der Waals surface area contributed by atoms with Crippen LogP contribution in [0.1, 0.15) is 58.3 Å². The molecule has 2 aliphatic rings. The summed E-state index contributed by atoms with van der Waals surface area (Å²) in [6.45, 7) is 3.80. The second kappa shape index (κ2) is 6.55. The Kier molecular flexibility index (Phi) is 5.04. The second-order valence-electron chi connectivity index (χ2n) is 6.14. The van der Waals surface area contributed by atoms with Gasteiger partial charge in [0, 0.05) is 25.0 Å². The first-order chi connectivity index (χ1) is 8.74. The first-order valence-electron chi connectivity index (χ1n) is 7.74. The number of piperidine rings is 1. The van der Waals surface area contributed by atoms with Crippen molar-refractivity contribution < 1.29 is 4.79 Å². The van der Waals surface area contributed by atoms with Crippen LogP contribution in [-0.2, 0) is 4.79 Å². The molecule has 1 aliphatic carbocycles. The zero-order valence-electron chi connectivity index (χ0n) is 11.7. The molecule has 0 aromatic heterocycles. The van der Waals surface area contributed by atoms with Crippen molar-refractivity contribution in [2.45, 2.75) is 64.3 Å². The van der Waals surface area contributed by atoms with E-state index in [0.717, 1.165) is 25.8 Å². The van der Waals surface area contributed by atoms with Gasteiger partial charge in [0.05, 0.1) is 0 Å². The summed E-state index contributed by atoms with van der Waals surface area (Å²) >= 11 is 0. The van der Waals surface area contributed by atoms with Gasteiger partial charge in [-0.1, -0.05) is 32.6 Å². The Morgan fingerprint density at radius 1 is 1.11 bits per heavy atom. The molecule has 3 heteroatoms. The number of likely N-dealkylation sites (tertiary alicyclic amines) is 1. The fourth-order valence-corrected chi connectivity index (χ4v) is 3.64. The van der Waals surface area contributed by atoms with Gasteiger partial charge in [-0.3, -0.25) is 4.79 Å². The van der Waals surface area contributed by atoms with Crippen molar-refractivity contribution in [2.24, 2.45) is 17.6 Å². The molecule has 2 rings (SSSR count). The second-order valence-corrected chi connectivity index (χ2v) is 6.14. The van der Waals surface area contributed by atoms with E-state index < -0.39 is 0 Å². The third kappa shape index (κ3) is 3.05. The lowest BCUT2D eigenvalue weighted by atomic mass is 9.88. The molecular weight excluding hydrogens is 224 g/mol. The predicted octanol–water partition coefficient (Wildman–Crippen LogP) is 2.54. The lowest BCUT2D eigenvalue weighted by Gasteiger charge is -2.41. The highest BCUT2D eigenvalue weighted by molar-refractivity contribution is 5.79. The minimum Gasteiger partial charge on any atom is -0.338 e. The fraction of sp³-hybridized carbons (Fsp3) is 0.933. The smallest absolute Gasteiger partial charge is 0.225 e. The number of hydrogen-bond donors (Lipinski definition) is 1. The van der Waals surface area contributed by atoms with Crippen LogP contribution >= 0.6 is 0 Å². The molecule has 2 fully saturated rings. The Bertz CT molecular complexity index is 272. The number of nitrogens with two attached hydrogens (primary N) is 1. The summed E-state index contributed by atoms with van der Waals surface area (Å²) in [5.74, 6) is 1.25. The van der Waals surface area contributed by atoms with E-state index in [1.807, 2.05) is 0 Å². The van der Waals surface area contributed by atoms with Crippen molar-refractivity contribution in [3.8, 4) is 0 Å². The van der Waals surface area contributed by atoms with Gasteiger partial charge in [0.25, 0.3) is 0 Å². The summed E-state index contributed by atoms with van der Waals surface area (Å²) in [5.41, 5.74) is 5.89. The van der Waals surface area contributed by atoms with E-state index in [1.165, 1.54) is 32.1 Å². The van der Waals surface area contributed by atoms with Crippen molar-refractivity contribution in [1.82, 2.24) is 4.90 Å². The molecule has 0 aromatic rings. The standard InChI is InChI=1S/C15H28N2O/c1-12-7-6-10-17(14(12)11-16)15(18)13-8-4-2-3-5-9-13/h12-14H,2-11,16H2,1H3. The maximum absolute atomic E-state index is 12.7. The minimum atomic E-state index is 0.284. The maximum atomic E-state index is 12.7. The number of carbonyl (C=O) groups excluding carboxylic acids is 1. The molecule has 1 heterocycles. The summed E-state index contributed by atoms with van der Waals surface area (Å²) in [6, 6.07) is 0.287. The van der Waals surface area contributed by atoms with Gasteiger partial charge in [0.2, 0.25) is 5.91 Å². The topological polar surface area (TPSA) is 46.3 Å². The molecule has 18 heavy (non-hydrogen) atoms. The lowest BCUT2D eigenvalue weighted by molar-refractivity contribution is -0.140. The van der Waals surface area contributed by atoms with Crippen LogP contribution in [0.4, 0.5) is 0 Å². The summed E-state index contributed by atoms with van der Waals surface area (Å²) in [4.78, 5) is 14.8. The molecule has 0 bridgehead atoms. The number of rotatable bonds is 2. The Labute approximate surface area is 111 Å². The first kappa shape index (κ1) is 13.9. The largest absolute Gasteiger partial charge is 0.338 e. The van der Waals surface area contributed by atoms with Gasteiger partial charge in [-0.05, 0) is 31.6 Å². The molecule has 3 nitrogen and oxygen atoms in total. The van der Waals surface area contributed by atoms with E-state index in [0.29, 0.717) is 18.4 Å². The molecule has 0 radical (unpaired) electrons. The third-order valence-electron chi connectivity index (χ3n) is 4.84. The van der Waals surface area contributed by atoms with E-state index in [4.69, 9.17) is 5.73 Å². The number of hydrogen-bond acceptors (Lipinski definition) is 2. The Morgan fingerprint density at radius 3 is 2.39 bits per heavy atom. The first-order valence-corrected chi connectivity index (χ1v) is 7.74. The molecule has 2 atom stereocenters. The van der Waals surface area contributed by atoms with Crippen molar-refractivity contribution in [1.29, 1.82) is 0 Å². The van der Waals surface area contributed by atoms with Crippen LogP contribution in [0.2, 0.25) is 0 Å². The van der Waals surface area contributed by atoms with E-state index in [-0.39, 0.29) is 12.0 Å². The van der Waals surface area contributed by atoms with E-state index in [2.05, 4.69) is 11.8 Å². The summed E-state index contributed by atoms with van der Waals surface area (Å²) in [7, 11) is 0. The normalized spacial score (nSPS) is 31.1. The maximum Gasteiger partial charge on any atom is 0.225 e. The quantitative estimate of drug-likeness (QED) is 0.768. The molecule has 1 saturated carbocycles. The summed E-state index contributed by atoms with van der Waals surface area (Å²) in [6.07, 6.45) is 9.63. The van der Waals surface area contributed by atoms with Gasteiger partial charge >= 0.3 is 0 Å². The van der Waals surface area contributed by atoms with Crippen LogP contribution in [0, 0.1) is 11.8 Å². The van der Waals surface area contributed by atoms with Crippen LogP contribution in [0.15, 0.2) is 0 Å². The number of nitrogens with zero attached hydrogens (tertiary/aromatic N) is 1. The highest BCUT2D eigenvalue weighted by Gasteiger charge is 2.34. The lowest BCUT2D eigenvalue weighted by Crippen LogP contribution is -2.53. The molecule has 0 aromatic carbocycles. The fourth-order valence-electron chi connectivity index (χ4n) is 3.64. The van der Waals surface area contributed by atoms with Gasteiger partial charge in [-0.25, -0.2) is 0 Å². The average molecular weight is 252 g/mol. The Morgan fingerprint density at radius 2 is 1.78 bits per heavy atom. The van der Waals surface area contributed by atoms with Crippen molar-refractivity contribution in [3.63, 3.8) is 0 Å². The van der Waals surface area contributed by atoms with Crippen molar-refractivity contribution in [2.75, 3.05) is 13.1 Å². The Hall–Kier alpha value is -0.570. The predicted molar refractivity (Wildman–Crippen MR) is 74.1 cm³/mol. The van der Waals surface area contributed by atoms with E-state index >= 15 is 0 Å². The zero-order chi connectivity index (χ0) is 13.0. The van der Waals surface area contributed by atoms with Crippen LogP contribution in [-0.4, -0.2) is 29.9 Å². The third-order valence-corrected chi connectivity index (χ3v) is 4.84. The van der Waals surface area contributed by atoms with Gasteiger partial charge in [0.15, 0.2) is 0 Å². The summed E-state index contributed by atoms with van der Waals surface area (Å²) in [5, 5.41) is 0. The Balaban J connectivity index is 2.01. The molecule has 2 unspecified atom stereocenters. The number of amides is 1. The van der Waals surface area contributed by atoms with Gasteiger partial charge in [-0.2, -0.15) is 0 Å². The van der Waals surface area contributed by atoms with Gasteiger partial charge in [-0.15, -0.1) is 0 Å². The van der Waals surface area contributed by atoms with E-state index in [1.54, 1.807) is 0 Å². The molecule has 1 aliphatic heterocycles. The van der Waals surface area contributed by atoms with E-state index in [9.17, 15) is 4.79 Å².